The van der Waals surface area contributed by atoms with E-state index >= 15 is 0 Å². The van der Waals surface area contributed by atoms with E-state index in [1.807, 2.05) is 0 Å². The molecule has 3 amide bonds. The van der Waals surface area contributed by atoms with Gasteiger partial charge in [-0.2, -0.15) is 0 Å². The molecule has 8 nitrogen and oxygen atoms in total. The van der Waals surface area contributed by atoms with Crippen molar-refractivity contribution in [2.75, 3.05) is 18.5 Å². The van der Waals surface area contributed by atoms with Crippen LogP contribution in [0.5, 0.6) is 0 Å². The molecule has 0 radical (unpaired) electrons. The zero-order chi connectivity index (χ0) is 19.6. The minimum Gasteiger partial charge on any atom is -0.444 e. The van der Waals surface area contributed by atoms with Crippen LogP contribution in [0.25, 0.3) is 0 Å². The normalized spacial score (nSPS) is 19.4. The van der Waals surface area contributed by atoms with Gasteiger partial charge in [0.15, 0.2) is 0 Å². The summed E-state index contributed by atoms with van der Waals surface area (Å²) in [5.41, 5.74) is 0.0722. The molecule has 8 heteroatoms. The van der Waals surface area contributed by atoms with E-state index < -0.39 is 17.6 Å². The highest BCUT2D eigenvalue weighted by molar-refractivity contribution is 6.03. The van der Waals surface area contributed by atoms with Crippen LogP contribution in [0.1, 0.15) is 62.0 Å². The Morgan fingerprint density at radius 1 is 1.19 bits per heavy atom. The molecule has 1 aromatic rings. The van der Waals surface area contributed by atoms with Gasteiger partial charge in [0.2, 0.25) is 5.91 Å². The Bertz CT molecular complexity index is 746. The third-order valence-electron chi connectivity index (χ3n) is 4.32. The molecule has 27 heavy (non-hydrogen) atoms. The van der Waals surface area contributed by atoms with Crippen LogP contribution >= 0.6 is 0 Å². The van der Waals surface area contributed by atoms with Crippen molar-refractivity contribution in [3.05, 3.63) is 23.4 Å². The molecule has 3 rings (SSSR count). The molecule has 1 aromatic heterocycles. The maximum Gasteiger partial charge on any atom is 0.414 e. The van der Waals surface area contributed by atoms with E-state index in [-0.39, 0.29) is 23.4 Å². The molecule has 1 aliphatic carbocycles. The van der Waals surface area contributed by atoms with E-state index in [0.29, 0.717) is 24.6 Å². The molecule has 1 unspecified atom stereocenters. The molecule has 146 valence electrons. The SMILES string of the molecule is CC(C)(C)OC(=O)NC(=O)c1nc(NC(=O)C2CC2)ccc1C1CCOC1. The summed E-state index contributed by atoms with van der Waals surface area (Å²) in [6.07, 6.45) is 1.67. The van der Waals surface area contributed by atoms with E-state index in [1.54, 1.807) is 32.9 Å². The second-order valence-electron chi connectivity index (χ2n) is 7.91. The number of amides is 3. The number of carbonyl (C=O) groups excluding carboxylic acids is 3. The number of rotatable bonds is 4. The molecule has 2 fully saturated rings. The first-order chi connectivity index (χ1) is 12.7. The lowest BCUT2D eigenvalue weighted by Gasteiger charge is -2.20. The van der Waals surface area contributed by atoms with E-state index in [9.17, 15) is 14.4 Å². The van der Waals surface area contributed by atoms with Crippen molar-refractivity contribution in [2.45, 2.75) is 51.6 Å². The number of carbonyl (C=O) groups is 3. The topological polar surface area (TPSA) is 107 Å². The average molecular weight is 375 g/mol. The molecule has 1 atom stereocenters. The number of imide groups is 1. The minimum atomic E-state index is -0.838. The van der Waals surface area contributed by atoms with Crippen LogP contribution in [-0.4, -0.2) is 41.7 Å². The summed E-state index contributed by atoms with van der Waals surface area (Å²) in [4.78, 5) is 40.9. The number of ether oxygens (including phenoxy) is 2. The fraction of sp³-hybridized carbons (Fsp3) is 0.579. The first-order valence-electron chi connectivity index (χ1n) is 9.17. The maximum absolute atomic E-state index is 12.7. The molecule has 0 bridgehead atoms. The number of nitrogens with zero attached hydrogens (tertiary/aromatic N) is 1. The van der Waals surface area contributed by atoms with Crippen LogP contribution in [0.2, 0.25) is 0 Å². The fourth-order valence-electron chi connectivity index (χ4n) is 2.86. The summed E-state index contributed by atoms with van der Waals surface area (Å²) < 4.78 is 10.5. The summed E-state index contributed by atoms with van der Waals surface area (Å²) in [5, 5.41) is 4.95. The molecule has 1 aliphatic heterocycles. The highest BCUT2D eigenvalue weighted by Crippen LogP contribution is 2.31. The number of aromatic nitrogens is 1. The highest BCUT2D eigenvalue weighted by Gasteiger charge is 2.31. The molecule has 1 saturated heterocycles. The Labute approximate surface area is 158 Å². The summed E-state index contributed by atoms with van der Waals surface area (Å²) in [5.74, 6) is -0.422. The van der Waals surface area contributed by atoms with E-state index in [0.717, 1.165) is 19.3 Å². The molecule has 0 aromatic carbocycles. The van der Waals surface area contributed by atoms with Gasteiger partial charge in [0.25, 0.3) is 5.91 Å². The highest BCUT2D eigenvalue weighted by atomic mass is 16.6. The Hall–Kier alpha value is -2.48. The molecular weight excluding hydrogens is 350 g/mol. The Kier molecular flexibility index (Phi) is 5.46. The Morgan fingerprint density at radius 2 is 1.93 bits per heavy atom. The van der Waals surface area contributed by atoms with E-state index in [4.69, 9.17) is 9.47 Å². The van der Waals surface area contributed by atoms with Crippen molar-refractivity contribution in [2.24, 2.45) is 5.92 Å². The zero-order valence-electron chi connectivity index (χ0n) is 15.8. The van der Waals surface area contributed by atoms with Gasteiger partial charge in [-0.15, -0.1) is 0 Å². The van der Waals surface area contributed by atoms with Crippen molar-refractivity contribution in [1.29, 1.82) is 0 Å². The van der Waals surface area contributed by atoms with Crippen LogP contribution in [0, 0.1) is 5.92 Å². The third-order valence-corrected chi connectivity index (χ3v) is 4.32. The van der Waals surface area contributed by atoms with Gasteiger partial charge in [0.1, 0.15) is 17.1 Å². The smallest absolute Gasteiger partial charge is 0.414 e. The van der Waals surface area contributed by atoms with Crippen LogP contribution in [0.15, 0.2) is 12.1 Å². The number of anilines is 1. The molecule has 2 heterocycles. The summed E-state index contributed by atoms with van der Waals surface area (Å²) in [6.45, 7) is 6.24. The number of nitrogens with one attached hydrogen (secondary N) is 2. The van der Waals surface area contributed by atoms with Gasteiger partial charge in [-0.25, -0.2) is 9.78 Å². The number of pyridine rings is 1. The quantitative estimate of drug-likeness (QED) is 0.838. The summed E-state index contributed by atoms with van der Waals surface area (Å²) >= 11 is 0. The van der Waals surface area contributed by atoms with Crippen molar-refractivity contribution in [3.8, 4) is 0 Å². The van der Waals surface area contributed by atoms with Gasteiger partial charge < -0.3 is 14.8 Å². The predicted octanol–water partition coefficient (Wildman–Crippen LogP) is 2.60. The lowest BCUT2D eigenvalue weighted by molar-refractivity contribution is -0.117. The molecule has 2 N–H and O–H groups in total. The van der Waals surface area contributed by atoms with Gasteiger partial charge in [0, 0.05) is 18.4 Å². The Morgan fingerprint density at radius 3 is 2.52 bits per heavy atom. The van der Waals surface area contributed by atoms with Gasteiger partial charge in [-0.3, -0.25) is 14.9 Å². The first kappa shape index (κ1) is 19.3. The van der Waals surface area contributed by atoms with Crippen molar-refractivity contribution >= 4 is 23.7 Å². The van der Waals surface area contributed by atoms with Crippen molar-refractivity contribution in [1.82, 2.24) is 10.3 Å². The fourth-order valence-corrected chi connectivity index (χ4v) is 2.86. The monoisotopic (exact) mass is 375 g/mol. The number of hydrogen-bond acceptors (Lipinski definition) is 6. The summed E-state index contributed by atoms with van der Waals surface area (Å²) in [6, 6.07) is 3.44. The standard InChI is InChI=1S/C19H25N3O5/c1-19(2,3)27-18(25)22-17(24)15-13(12-8-9-26-10-12)6-7-14(20-15)21-16(23)11-4-5-11/h6-7,11-12H,4-5,8-10H2,1-3H3,(H,20,21,23)(H,22,24,25). The maximum atomic E-state index is 12.7. The van der Waals surface area contributed by atoms with Crippen molar-refractivity contribution < 1.29 is 23.9 Å². The van der Waals surface area contributed by atoms with Gasteiger partial charge in [0.05, 0.1) is 6.61 Å². The number of alkyl carbamates (subject to hydrolysis) is 1. The molecule has 2 aliphatic rings. The second kappa shape index (κ2) is 7.64. The predicted molar refractivity (Wildman–Crippen MR) is 97.5 cm³/mol. The number of hydrogen-bond donors (Lipinski definition) is 2. The van der Waals surface area contributed by atoms with Gasteiger partial charge >= 0.3 is 6.09 Å². The zero-order valence-corrected chi connectivity index (χ0v) is 15.8. The largest absolute Gasteiger partial charge is 0.444 e. The van der Waals surface area contributed by atoms with Crippen molar-refractivity contribution in [3.63, 3.8) is 0 Å². The summed E-state index contributed by atoms with van der Waals surface area (Å²) in [7, 11) is 0. The lowest BCUT2D eigenvalue weighted by Crippen LogP contribution is -2.37. The van der Waals surface area contributed by atoms with E-state index in [1.165, 1.54) is 0 Å². The average Bonchev–Trinajstić information content (AvgIpc) is 3.28. The lowest BCUT2D eigenvalue weighted by atomic mass is 9.96. The van der Waals surface area contributed by atoms with Crippen LogP contribution in [-0.2, 0) is 14.3 Å². The van der Waals surface area contributed by atoms with Crippen LogP contribution in [0.4, 0.5) is 10.6 Å². The molecular formula is C19H25N3O5. The second-order valence-corrected chi connectivity index (χ2v) is 7.91. The van der Waals surface area contributed by atoms with Gasteiger partial charge in [-0.05, 0) is 51.7 Å². The molecule has 1 saturated carbocycles. The van der Waals surface area contributed by atoms with Crippen LogP contribution in [0.3, 0.4) is 0 Å². The molecule has 0 spiro atoms. The first-order valence-corrected chi connectivity index (χ1v) is 9.17. The third kappa shape index (κ3) is 5.26. The van der Waals surface area contributed by atoms with Crippen LogP contribution < -0.4 is 10.6 Å². The van der Waals surface area contributed by atoms with E-state index in [2.05, 4.69) is 15.6 Å². The minimum absolute atomic E-state index is 0.0186. The van der Waals surface area contributed by atoms with Gasteiger partial charge in [-0.1, -0.05) is 6.07 Å². The Balaban J connectivity index is 1.80.